The molecule has 9 heteroatoms. The van der Waals surface area contributed by atoms with Gasteiger partial charge in [-0.1, -0.05) is 6.07 Å². The first-order chi connectivity index (χ1) is 11.7. The summed E-state index contributed by atoms with van der Waals surface area (Å²) in [6.07, 6.45) is 0.454. The van der Waals surface area contributed by atoms with Crippen molar-refractivity contribution in [3.05, 3.63) is 23.8 Å². The Kier molecular flexibility index (Phi) is 8.06. The standard InChI is InChI=1S/C16H22F2N2O5/c1-10(15(22)23)20(2)9-14(21)19-7-6-11-4-5-12(25-16(17)18)13(8-11)24-3/h4-5,8,10,16H,6-7,9H2,1-3H3,(H,19,21)(H,22,23). The highest BCUT2D eigenvalue weighted by Gasteiger charge is 2.18. The fourth-order valence-corrected chi connectivity index (χ4v) is 2.01. The van der Waals surface area contributed by atoms with Crippen molar-refractivity contribution in [2.24, 2.45) is 0 Å². The average Bonchev–Trinajstić information content (AvgIpc) is 2.54. The predicted molar refractivity (Wildman–Crippen MR) is 86.1 cm³/mol. The van der Waals surface area contributed by atoms with E-state index >= 15 is 0 Å². The van der Waals surface area contributed by atoms with Gasteiger partial charge < -0.3 is 19.9 Å². The van der Waals surface area contributed by atoms with E-state index in [-0.39, 0.29) is 24.0 Å². The zero-order chi connectivity index (χ0) is 19.0. The fraction of sp³-hybridized carbons (Fsp3) is 0.500. The quantitative estimate of drug-likeness (QED) is 0.655. The van der Waals surface area contributed by atoms with E-state index in [2.05, 4.69) is 10.1 Å². The molecule has 25 heavy (non-hydrogen) atoms. The zero-order valence-corrected chi connectivity index (χ0v) is 14.3. The van der Waals surface area contributed by atoms with E-state index in [0.29, 0.717) is 13.0 Å². The molecular weight excluding hydrogens is 338 g/mol. The van der Waals surface area contributed by atoms with Crippen LogP contribution in [0.4, 0.5) is 8.78 Å². The van der Waals surface area contributed by atoms with Gasteiger partial charge in [0.1, 0.15) is 6.04 Å². The zero-order valence-electron chi connectivity index (χ0n) is 14.3. The molecule has 0 saturated carbocycles. The van der Waals surface area contributed by atoms with Crippen molar-refractivity contribution in [3.8, 4) is 11.5 Å². The maximum atomic E-state index is 12.3. The molecule has 140 valence electrons. The Hall–Kier alpha value is -2.42. The Morgan fingerprint density at radius 2 is 2.00 bits per heavy atom. The Bertz CT molecular complexity index is 598. The van der Waals surface area contributed by atoms with E-state index in [1.165, 1.54) is 25.0 Å². The Morgan fingerprint density at radius 1 is 1.32 bits per heavy atom. The molecule has 0 radical (unpaired) electrons. The van der Waals surface area contributed by atoms with Crippen LogP contribution in [0.5, 0.6) is 11.5 Å². The number of nitrogens with zero attached hydrogens (tertiary/aromatic N) is 1. The van der Waals surface area contributed by atoms with Gasteiger partial charge in [-0.15, -0.1) is 0 Å². The van der Waals surface area contributed by atoms with Crippen molar-refractivity contribution in [1.29, 1.82) is 0 Å². The lowest BCUT2D eigenvalue weighted by Crippen LogP contribution is -2.43. The summed E-state index contributed by atoms with van der Waals surface area (Å²) in [6.45, 7) is -1.18. The topological polar surface area (TPSA) is 88.1 Å². The number of carboxylic acid groups (broad SMARTS) is 1. The van der Waals surface area contributed by atoms with Crippen LogP contribution < -0.4 is 14.8 Å². The highest BCUT2D eigenvalue weighted by molar-refractivity contribution is 5.79. The minimum absolute atomic E-state index is 0.0437. The molecule has 1 unspecified atom stereocenters. The maximum Gasteiger partial charge on any atom is 0.387 e. The molecule has 0 aromatic heterocycles. The largest absolute Gasteiger partial charge is 0.493 e. The highest BCUT2D eigenvalue weighted by Crippen LogP contribution is 2.29. The number of carbonyl (C=O) groups is 2. The lowest BCUT2D eigenvalue weighted by molar-refractivity contribution is -0.142. The van der Waals surface area contributed by atoms with Crippen molar-refractivity contribution in [3.63, 3.8) is 0 Å². The summed E-state index contributed by atoms with van der Waals surface area (Å²) in [5, 5.41) is 11.5. The predicted octanol–water partition coefficient (Wildman–Crippen LogP) is 1.36. The van der Waals surface area contributed by atoms with Crippen molar-refractivity contribution in [2.45, 2.75) is 26.0 Å². The van der Waals surface area contributed by atoms with E-state index in [0.717, 1.165) is 5.56 Å². The first kappa shape index (κ1) is 20.6. The number of hydrogen-bond donors (Lipinski definition) is 2. The second kappa shape index (κ2) is 9.77. The van der Waals surface area contributed by atoms with E-state index in [1.54, 1.807) is 19.2 Å². The number of nitrogens with one attached hydrogen (secondary N) is 1. The van der Waals surface area contributed by atoms with Gasteiger partial charge in [0, 0.05) is 6.54 Å². The average molecular weight is 360 g/mol. The van der Waals surface area contributed by atoms with Crippen LogP contribution >= 0.6 is 0 Å². The van der Waals surface area contributed by atoms with Crippen LogP contribution in [0.1, 0.15) is 12.5 Å². The van der Waals surface area contributed by atoms with Crippen LogP contribution in [-0.2, 0) is 16.0 Å². The van der Waals surface area contributed by atoms with Gasteiger partial charge in [-0.25, -0.2) is 0 Å². The van der Waals surface area contributed by atoms with Crippen LogP contribution in [0.2, 0.25) is 0 Å². The summed E-state index contributed by atoms with van der Waals surface area (Å²) in [5.74, 6) is -1.19. The molecule has 1 amide bonds. The molecule has 0 saturated heterocycles. The van der Waals surface area contributed by atoms with Crippen LogP contribution in [0.3, 0.4) is 0 Å². The number of benzene rings is 1. The molecule has 0 bridgehead atoms. The number of methoxy groups -OCH3 is 1. The summed E-state index contributed by atoms with van der Waals surface area (Å²) in [6, 6.07) is 3.77. The summed E-state index contributed by atoms with van der Waals surface area (Å²) in [5.41, 5.74) is 0.769. The van der Waals surface area contributed by atoms with Gasteiger partial charge in [0.05, 0.1) is 13.7 Å². The number of likely N-dealkylation sites (N-methyl/N-ethyl adjacent to an activating group) is 1. The van der Waals surface area contributed by atoms with Crippen molar-refractivity contribution >= 4 is 11.9 Å². The number of alkyl halides is 2. The smallest absolute Gasteiger partial charge is 0.387 e. The highest BCUT2D eigenvalue weighted by atomic mass is 19.3. The van der Waals surface area contributed by atoms with Gasteiger partial charge in [-0.2, -0.15) is 8.78 Å². The molecule has 2 N–H and O–H groups in total. The molecular formula is C16H22F2N2O5. The molecule has 1 aromatic rings. The van der Waals surface area contributed by atoms with E-state index in [4.69, 9.17) is 9.84 Å². The number of ether oxygens (including phenoxy) is 2. The molecule has 0 aliphatic rings. The van der Waals surface area contributed by atoms with Crippen molar-refractivity contribution in [1.82, 2.24) is 10.2 Å². The third-order valence-corrected chi connectivity index (χ3v) is 3.59. The summed E-state index contributed by atoms with van der Waals surface area (Å²) < 4.78 is 33.9. The monoisotopic (exact) mass is 360 g/mol. The van der Waals surface area contributed by atoms with E-state index in [1.807, 2.05) is 0 Å². The Balaban J connectivity index is 2.50. The van der Waals surface area contributed by atoms with E-state index in [9.17, 15) is 18.4 Å². The molecule has 1 atom stereocenters. The second-order valence-corrected chi connectivity index (χ2v) is 5.39. The number of amides is 1. The van der Waals surface area contributed by atoms with Crippen LogP contribution in [-0.4, -0.2) is 61.8 Å². The fourth-order valence-electron chi connectivity index (χ4n) is 2.01. The normalized spacial score (nSPS) is 12.1. The number of carbonyl (C=O) groups excluding carboxylic acids is 1. The minimum atomic E-state index is -2.94. The molecule has 1 aromatic carbocycles. The van der Waals surface area contributed by atoms with Gasteiger partial charge in [-0.3, -0.25) is 14.5 Å². The number of aliphatic carboxylic acids is 1. The second-order valence-electron chi connectivity index (χ2n) is 5.39. The molecule has 0 spiro atoms. The first-order valence-corrected chi connectivity index (χ1v) is 7.56. The Labute approximate surface area is 144 Å². The van der Waals surface area contributed by atoms with Crippen LogP contribution in [0.25, 0.3) is 0 Å². The lowest BCUT2D eigenvalue weighted by Gasteiger charge is -2.20. The third-order valence-electron chi connectivity index (χ3n) is 3.59. The summed E-state index contributed by atoms with van der Waals surface area (Å²) in [7, 11) is 2.89. The molecule has 0 aliphatic carbocycles. The minimum Gasteiger partial charge on any atom is -0.493 e. The van der Waals surface area contributed by atoms with Gasteiger partial charge >= 0.3 is 12.6 Å². The van der Waals surface area contributed by atoms with E-state index < -0.39 is 18.6 Å². The molecule has 7 nitrogen and oxygen atoms in total. The number of halogens is 2. The molecule has 0 aliphatic heterocycles. The number of rotatable bonds is 10. The van der Waals surface area contributed by atoms with Gasteiger partial charge in [0.2, 0.25) is 5.91 Å². The number of carboxylic acids is 1. The Morgan fingerprint density at radius 3 is 2.56 bits per heavy atom. The summed E-state index contributed by atoms with van der Waals surface area (Å²) >= 11 is 0. The maximum absolute atomic E-state index is 12.3. The van der Waals surface area contributed by atoms with Crippen molar-refractivity contribution in [2.75, 3.05) is 27.2 Å². The first-order valence-electron chi connectivity index (χ1n) is 7.56. The lowest BCUT2D eigenvalue weighted by atomic mass is 10.1. The van der Waals surface area contributed by atoms with Crippen LogP contribution in [0, 0.1) is 0 Å². The van der Waals surface area contributed by atoms with Gasteiger partial charge in [0.25, 0.3) is 0 Å². The molecule has 0 heterocycles. The van der Waals surface area contributed by atoms with Gasteiger partial charge in [-0.05, 0) is 38.1 Å². The number of hydrogen-bond acceptors (Lipinski definition) is 5. The molecule has 0 fully saturated rings. The van der Waals surface area contributed by atoms with Crippen molar-refractivity contribution < 1.29 is 33.0 Å². The van der Waals surface area contributed by atoms with Crippen LogP contribution in [0.15, 0.2) is 18.2 Å². The SMILES string of the molecule is COc1cc(CCNC(=O)CN(C)C(C)C(=O)O)ccc1OC(F)F. The molecule has 1 rings (SSSR count). The van der Waals surface area contributed by atoms with Gasteiger partial charge in [0.15, 0.2) is 11.5 Å². The third kappa shape index (κ3) is 6.92. The summed E-state index contributed by atoms with van der Waals surface area (Å²) in [4.78, 5) is 24.0.